The smallest absolute Gasteiger partial charge is 0.342 e. The summed E-state index contributed by atoms with van der Waals surface area (Å²) >= 11 is 0. The van der Waals surface area contributed by atoms with Gasteiger partial charge in [0.15, 0.2) is 0 Å². The monoisotopic (exact) mass is 338 g/mol. The zero-order chi connectivity index (χ0) is 17.8. The number of carbonyl (C=O) groups excluding carboxylic acids is 1. The maximum absolute atomic E-state index is 12.4. The fraction of sp³-hybridized carbons (Fsp3) is 0.118. The number of esters is 1. The van der Waals surface area contributed by atoms with Crippen molar-refractivity contribution in [3.63, 3.8) is 0 Å². The predicted octanol–water partition coefficient (Wildman–Crippen LogP) is 3.41. The zero-order valence-electron chi connectivity index (χ0n) is 13.3. The van der Waals surface area contributed by atoms with Gasteiger partial charge in [0.05, 0.1) is 17.2 Å². The fourth-order valence-electron chi connectivity index (χ4n) is 2.34. The Hall–Kier alpha value is -3.55. The molecule has 1 aromatic rings. The van der Waals surface area contributed by atoms with E-state index in [4.69, 9.17) is 4.74 Å². The van der Waals surface area contributed by atoms with E-state index < -0.39 is 10.9 Å². The van der Waals surface area contributed by atoms with Crippen molar-refractivity contribution in [2.45, 2.75) is 6.92 Å². The van der Waals surface area contributed by atoms with Crippen LogP contribution in [0.15, 0.2) is 48.7 Å². The van der Waals surface area contributed by atoms with Crippen molar-refractivity contribution >= 4 is 23.3 Å². The maximum Gasteiger partial charge on any atom is 0.342 e. The second-order valence-corrected chi connectivity index (χ2v) is 5.05. The van der Waals surface area contributed by atoms with Crippen LogP contribution in [0.25, 0.3) is 11.3 Å². The molecule has 2 aliphatic rings. The van der Waals surface area contributed by atoms with E-state index in [-0.39, 0.29) is 12.3 Å². The minimum absolute atomic E-state index is 0.121. The first-order chi connectivity index (χ1) is 12.1. The molecule has 0 saturated carbocycles. The van der Waals surface area contributed by atoms with Gasteiger partial charge in [-0.3, -0.25) is 10.1 Å². The number of pyridine rings is 1. The molecule has 25 heavy (non-hydrogen) atoms. The molecule has 126 valence electrons. The Kier molecular flexibility index (Phi) is 4.51. The van der Waals surface area contributed by atoms with Crippen molar-refractivity contribution in [2.75, 3.05) is 11.9 Å². The van der Waals surface area contributed by atoms with Crippen molar-refractivity contribution in [3.8, 4) is 11.3 Å². The number of rotatable bonds is 5. The number of fused-ring (bicyclic) bond motifs is 1. The van der Waals surface area contributed by atoms with E-state index in [1.54, 1.807) is 25.1 Å². The van der Waals surface area contributed by atoms with E-state index in [1.807, 2.05) is 12.1 Å². The maximum atomic E-state index is 12.4. The second kappa shape index (κ2) is 6.91. The molecule has 0 saturated heterocycles. The Bertz CT molecular complexity index is 896. The molecule has 8 heteroatoms. The van der Waals surface area contributed by atoms with Crippen LogP contribution in [0.4, 0.5) is 17.3 Å². The van der Waals surface area contributed by atoms with E-state index in [0.717, 1.165) is 6.20 Å². The van der Waals surface area contributed by atoms with Gasteiger partial charge in [-0.15, -0.1) is 0 Å². The van der Waals surface area contributed by atoms with Crippen molar-refractivity contribution < 1.29 is 14.5 Å². The summed E-state index contributed by atoms with van der Waals surface area (Å²) in [6.45, 7) is 1.96. The van der Waals surface area contributed by atoms with Gasteiger partial charge in [-0.1, -0.05) is 24.3 Å². The number of nitrogens with one attached hydrogen (secondary N) is 1. The number of hydrogen-bond donors (Lipinski definition) is 1. The molecule has 0 spiro atoms. The van der Waals surface area contributed by atoms with Crippen molar-refractivity contribution in [2.24, 2.45) is 0 Å². The highest BCUT2D eigenvalue weighted by Crippen LogP contribution is 2.33. The number of nitro groups is 1. The first-order valence-electron chi connectivity index (χ1n) is 7.53. The Morgan fingerprint density at radius 3 is 2.72 bits per heavy atom. The van der Waals surface area contributed by atoms with Crippen LogP contribution in [0.2, 0.25) is 0 Å². The van der Waals surface area contributed by atoms with Crippen molar-refractivity contribution in [1.82, 2.24) is 9.97 Å². The highest BCUT2D eigenvalue weighted by molar-refractivity contribution is 6.03. The van der Waals surface area contributed by atoms with Gasteiger partial charge < -0.3 is 10.1 Å². The molecule has 8 nitrogen and oxygen atoms in total. The third kappa shape index (κ3) is 3.37. The molecule has 3 rings (SSSR count). The predicted molar refractivity (Wildman–Crippen MR) is 91.0 cm³/mol. The summed E-state index contributed by atoms with van der Waals surface area (Å²) in [5.41, 5.74) is 1.45. The molecule has 1 aliphatic heterocycles. The Morgan fingerprint density at radius 2 is 2.04 bits per heavy atom. The van der Waals surface area contributed by atoms with Gasteiger partial charge in [-0.05, 0) is 19.1 Å². The average Bonchev–Trinajstić information content (AvgIpc) is 2.76. The summed E-state index contributed by atoms with van der Waals surface area (Å²) in [5, 5.41) is 13.6. The highest BCUT2D eigenvalue weighted by Gasteiger charge is 2.24. The molecule has 0 bridgehead atoms. The van der Waals surface area contributed by atoms with Crippen LogP contribution in [-0.4, -0.2) is 27.5 Å². The lowest BCUT2D eigenvalue weighted by molar-refractivity contribution is -0.385. The fourth-order valence-corrected chi connectivity index (χ4v) is 2.34. The molecule has 1 aromatic heterocycles. The standard InChI is InChI=1S/C17H14N4O4/c1-2-25-17(22)15-12-6-4-3-5-7-13(12)19-16(15)20-14-9-8-11(10-18-14)21(23)24/h3-10H,2H2,1H3,(H,18,19,20). The van der Waals surface area contributed by atoms with E-state index in [1.165, 1.54) is 12.1 Å². The van der Waals surface area contributed by atoms with Crippen molar-refractivity contribution in [1.29, 1.82) is 0 Å². The van der Waals surface area contributed by atoms with Crippen LogP contribution < -0.4 is 5.32 Å². The molecule has 2 heterocycles. The summed E-state index contributed by atoms with van der Waals surface area (Å²) in [6, 6.07) is 11.8. The number of carbonyl (C=O) groups is 1. The minimum Gasteiger partial charge on any atom is -0.462 e. The number of nitrogens with zero attached hydrogens (tertiary/aromatic N) is 3. The normalized spacial score (nSPS) is 10.4. The molecule has 0 aromatic carbocycles. The lowest BCUT2D eigenvalue weighted by Crippen LogP contribution is -2.07. The van der Waals surface area contributed by atoms with Gasteiger partial charge in [0.1, 0.15) is 23.4 Å². The highest BCUT2D eigenvalue weighted by atomic mass is 16.6. The lowest BCUT2D eigenvalue weighted by atomic mass is 10.1. The number of anilines is 2. The first kappa shape index (κ1) is 16.3. The minimum atomic E-state index is -0.532. The topological polar surface area (TPSA) is 107 Å². The van der Waals surface area contributed by atoms with Gasteiger partial charge in [0.25, 0.3) is 5.69 Å². The van der Waals surface area contributed by atoms with E-state index in [9.17, 15) is 14.9 Å². The molecular weight excluding hydrogens is 324 g/mol. The molecule has 0 fully saturated rings. The van der Waals surface area contributed by atoms with Crippen molar-refractivity contribution in [3.05, 3.63) is 64.3 Å². The second-order valence-electron chi connectivity index (χ2n) is 5.05. The summed E-state index contributed by atoms with van der Waals surface area (Å²) < 4.78 is 5.13. The lowest BCUT2D eigenvalue weighted by Gasteiger charge is -2.06. The largest absolute Gasteiger partial charge is 0.462 e. The van der Waals surface area contributed by atoms with Crippen LogP contribution in [-0.2, 0) is 4.74 Å². The van der Waals surface area contributed by atoms with Gasteiger partial charge >= 0.3 is 5.97 Å². The SMILES string of the molecule is CCOC(=O)c1c2cccccc-2nc1Nc1ccc([N+](=O)[O-])cn1. The van der Waals surface area contributed by atoms with Gasteiger partial charge in [-0.25, -0.2) is 14.8 Å². The molecule has 1 aliphatic carbocycles. The Balaban J connectivity index is 2.02. The molecule has 0 amide bonds. The van der Waals surface area contributed by atoms with Crippen LogP contribution in [0.1, 0.15) is 17.3 Å². The van der Waals surface area contributed by atoms with E-state index >= 15 is 0 Å². The van der Waals surface area contributed by atoms with Gasteiger partial charge in [-0.2, -0.15) is 0 Å². The molecular formula is C17H14N4O4. The molecule has 0 atom stereocenters. The molecule has 0 radical (unpaired) electrons. The van der Waals surface area contributed by atoms with Crippen LogP contribution in [0, 0.1) is 10.1 Å². The van der Waals surface area contributed by atoms with Crippen LogP contribution in [0.5, 0.6) is 0 Å². The average molecular weight is 338 g/mol. The number of ether oxygens (including phenoxy) is 1. The van der Waals surface area contributed by atoms with E-state index in [0.29, 0.717) is 28.5 Å². The van der Waals surface area contributed by atoms with Crippen LogP contribution in [0.3, 0.4) is 0 Å². The third-order valence-corrected chi connectivity index (χ3v) is 3.44. The summed E-state index contributed by atoms with van der Waals surface area (Å²) in [4.78, 5) is 30.9. The molecule has 0 unspecified atom stereocenters. The van der Waals surface area contributed by atoms with Gasteiger partial charge in [0.2, 0.25) is 0 Å². The Labute approximate surface area is 143 Å². The number of hydrogen-bond acceptors (Lipinski definition) is 7. The van der Waals surface area contributed by atoms with Crippen LogP contribution >= 0.6 is 0 Å². The summed E-state index contributed by atoms with van der Waals surface area (Å²) in [7, 11) is 0. The number of aromatic nitrogens is 2. The first-order valence-corrected chi connectivity index (χ1v) is 7.53. The zero-order valence-corrected chi connectivity index (χ0v) is 13.3. The van der Waals surface area contributed by atoms with Gasteiger partial charge in [0, 0.05) is 11.6 Å². The summed E-state index contributed by atoms with van der Waals surface area (Å²) in [6.07, 6.45) is 1.13. The van der Waals surface area contributed by atoms with E-state index in [2.05, 4.69) is 15.3 Å². The molecule has 1 N–H and O–H groups in total. The summed E-state index contributed by atoms with van der Waals surface area (Å²) in [5.74, 6) is 0.130. The quantitative estimate of drug-likeness (QED) is 0.431. The third-order valence-electron chi connectivity index (χ3n) is 3.44. The Morgan fingerprint density at radius 1 is 1.24 bits per heavy atom.